The fourth-order valence-electron chi connectivity index (χ4n) is 1.83. The molecule has 1 heterocycles. The molecule has 6 nitrogen and oxygen atoms in total. The largest absolute Gasteiger partial charge is 0.493 e. The third-order valence-electron chi connectivity index (χ3n) is 2.85. The van der Waals surface area contributed by atoms with Gasteiger partial charge in [-0.3, -0.25) is 15.1 Å². The smallest absolute Gasteiger partial charge is 0.280 e. The molecular formula is C15H14N2O4. The summed E-state index contributed by atoms with van der Waals surface area (Å²) in [7, 11) is 2.92. The van der Waals surface area contributed by atoms with Crippen LogP contribution in [0.1, 0.15) is 11.3 Å². The molecule has 1 aromatic carbocycles. The molecule has 0 spiro atoms. The second-order valence-electron chi connectivity index (χ2n) is 4.11. The highest BCUT2D eigenvalue weighted by atomic mass is 16.6. The van der Waals surface area contributed by atoms with Crippen molar-refractivity contribution in [2.24, 2.45) is 0 Å². The number of nitrogens with zero attached hydrogens (tertiary/aromatic N) is 2. The third kappa shape index (κ3) is 3.36. The van der Waals surface area contributed by atoms with E-state index in [1.807, 2.05) is 12.1 Å². The molecule has 0 aliphatic rings. The summed E-state index contributed by atoms with van der Waals surface area (Å²) >= 11 is 0. The molecule has 2 rings (SSSR count). The predicted molar refractivity (Wildman–Crippen MR) is 79.4 cm³/mol. The number of nitro groups is 1. The second-order valence-corrected chi connectivity index (χ2v) is 4.11. The summed E-state index contributed by atoms with van der Waals surface area (Å²) in [4.78, 5) is 14.8. The van der Waals surface area contributed by atoms with Gasteiger partial charge < -0.3 is 9.47 Å². The summed E-state index contributed by atoms with van der Waals surface area (Å²) in [6, 6.07) is 8.36. The monoisotopic (exact) mass is 286 g/mol. The SMILES string of the molecule is COc1cc(C=Cc2ccccn2)c([N+](=O)[O-])cc1OC. The first-order valence-corrected chi connectivity index (χ1v) is 6.15. The van der Waals surface area contributed by atoms with Crippen LogP contribution in [0.2, 0.25) is 0 Å². The van der Waals surface area contributed by atoms with E-state index in [1.54, 1.807) is 30.5 Å². The van der Waals surface area contributed by atoms with Crippen LogP contribution < -0.4 is 9.47 Å². The van der Waals surface area contributed by atoms with Crippen LogP contribution in [0.3, 0.4) is 0 Å². The summed E-state index contributed by atoms with van der Waals surface area (Å²) in [5.74, 6) is 0.753. The van der Waals surface area contributed by atoms with Crippen molar-refractivity contribution in [2.75, 3.05) is 14.2 Å². The molecule has 0 bridgehead atoms. The van der Waals surface area contributed by atoms with Gasteiger partial charge in [0.15, 0.2) is 11.5 Å². The molecule has 2 aromatic rings. The maximum atomic E-state index is 11.2. The molecule has 1 aromatic heterocycles. The summed E-state index contributed by atoms with van der Waals surface area (Å²) in [6.45, 7) is 0. The van der Waals surface area contributed by atoms with Gasteiger partial charge in [-0.25, -0.2) is 0 Å². The minimum Gasteiger partial charge on any atom is -0.493 e. The van der Waals surface area contributed by atoms with Crippen LogP contribution in [0.4, 0.5) is 5.69 Å². The lowest BCUT2D eigenvalue weighted by Gasteiger charge is -2.08. The Labute approximate surface area is 121 Å². The van der Waals surface area contributed by atoms with E-state index in [-0.39, 0.29) is 5.69 Å². The standard InChI is InChI=1S/C15H14N2O4/c1-20-14-9-11(6-7-12-5-3-4-8-16-12)13(17(18)19)10-15(14)21-2/h3-10H,1-2H3. The molecule has 0 N–H and O–H groups in total. The Balaban J connectivity index is 2.46. The van der Waals surface area contributed by atoms with Gasteiger partial charge in [0.25, 0.3) is 5.69 Å². The topological polar surface area (TPSA) is 74.5 Å². The van der Waals surface area contributed by atoms with Crippen LogP contribution in [0.5, 0.6) is 11.5 Å². The first-order chi connectivity index (χ1) is 10.2. The van der Waals surface area contributed by atoms with Gasteiger partial charge in [-0.1, -0.05) is 6.07 Å². The normalized spacial score (nSPS) is 10.6. The second kappa shape index (κ2) is 6.51. The number of aromatic nitrogens is 1. The van der Waals surface area contributed by atoms with Gasteiger partial charge in [0.05, 0.1) is 36.5 Å². The van der Waals surface area contributed by atoms with E-state index in [1.165, 1.54) is 20.3 Å². The zero-order valence-electron chi connectivity index (χ0n) is 11.6. The van der Waals surface area contributed by atoms with Gasteiger partial charge >= 0.3 is 0 Å². The van der Waals surface area contributed by atoms with Gasteiger partial charge in [0.1, 0.15) is 0 Å². The summed E-state index contributed by atoms with van der Waals surface area (Å²) in [5.41, 5.74) is 1.07. The van der Waals surface area contributed by atoms with E-state index in [2.05, 4.69) is 4.98 Å². The Bertz CT molecular complexity index is 669. The molecule has 0 aliphatic carbocycles. The maximum absolute atomic E-state index is 11.2. The lowest BCUT2D eigenvalue weighted by atomic mass is 10.1. The lowest BCUT2D eigenvalue weighted by Crippen LogP contribution is -1.96. The highest BCUT2D eigenvalue weighted by Crippen LogP contribution is 2.35. The van der Waals surface area contributed by atoms with Crippen LogP contribution in [0.25, 0.3) is 12.2 Å². The van der Waals surface area contributed by atoms with Crippen molar-refractivity contribution in [1.29, 1.82) is 0 Å². The van der Waals surface area contributed by atoms with E-state index in [0.717, 1.165) is 0 Å². The van der Waals surface area contributed by atoms with Crippen molar-refractivity contribution < 1.29 is 14.4 Å². The van der Waals surface area contributed by atoms with Crippen LogP contribution >= 0.6 is 0 Å². The molecule has 0 saturated heterocycles. The molecule has 6 heteroatoms. The maximum Gasteiger partial charge on any atom is 0.280 e. The Hall–Kier alpha value is -2.89. The molecular weight excluding hydrogens is 272 g/mol. The predicted octanol–water partition coefficient (Wildman–Crippen LogP) is 3.18. The number of ether oxygens (including phenoxy) is 2. The Morgan fingerprint density at radius 2 is 1.86 bits per heavy atom. The van der Waals surface area contributed by atoms with Crippen molar-refractivity contribution in [1.82, 2.24) is 4.98 Å². The van der Waals surface area contributed by atoms with E-state index in [0.29, 0.717) is 22.8 Å². The van der Waals surface area contributed by atoms with Crippen LogP contribution in [-0.2, 0) is 0 Å². The van der Waals surface area contributed by atoms with E-state index in [9.17, 15) is 10.1 Å². The quantitative estimate of drug-likeness (QED) is 0.623. The lowest BCUT2D eigenvalue weighted by molar-refractivity contribution is -0.385. The molecule has 21 heavy (non-hydrogen) atoms. The van der Waals surface area contributed by atoms with Gasteiger partial charge in [-0.2, -0.15) is 0 Å². The van der Waals surface area contributed by atoms with Crippen molar-refractivity contribution in [3.8, 4) is 11.5 Å². The number of hydrogen-bond acceptors (Lipinski definition) is 5. The van der Waals surface area contributed by atoms with Gasteiger partial charge in [-0.15, -0.1) is 0 Å². The van der Waals surface area contributed by atoms with Crippen LogP contribution in [0.15, 0.2) is 36.5 Å². The van der Waals surface area contributed by atoms with E-state index < -0.39 is 4.92 Å². The summed E-state index contributed by atoms with van der Waals surface area (Å²) < 4.78 is 10.2. The Kier molecular flexibility index (Phi) is 4.50. The molecule has 108 valence electrons. The number of benzene rings is 1. The van der Waals surface area contributed by atoms with E-state index >= 15 is 0 Å². The molecule has 0 unspecified atom stereocenters. The average molecular weight is 286 g/mol. The van der Waals surface area contributed by atoms with Crippen LogP contribution in [-0.4, -0.2) is 24.1 Å². The fourth-order valence-corrected chi connectivity index (χ4v) is 1.83. The van der Waals surface area contributed by atoms with Gasteiger partial charge in [-0.05, 0) is 30.4 Å². The van der Waals surface area contributed by atoms with Crippen molar-refractivity contribution >= 4 is 17.8 Å². The molecule has 0 aliphatic heterocycles. The number of methoxy groups -OCH3 is 2. The Morgan fingerprint density at radius 1 is 1.14 bits per heavy atom. The number of hydrogen-bond donors (Lipinski definition) is 0. The highest BCUT2D eigenvalue weighted by molar-refractivity contribution is 5.75. The molecule has 0 radical (unpaired) electrons. The van der Waals surface area contributed by atoms with E-state index in [4.69, 9.17) is 9.47 Å². The molecule has 0 saturated carbocycles. The first-order valence-electron chi connectivity index (χ1n) is 6.15. The Morgan fingerprint density at radius 3 is 2.43 bits per heavy atom. The first kappa shape index (κ1) is 14.5. The molecule has 0 fully saturated rings. The zero-order chi connectivity index (χ0) is 15.2. The molecule has 0 atom stereocenters. The fraction of sp³-hybridized carbons (Fsp3) is 0.133. The molecule has 0 amide bonds. The summed E-state index contributed by atoms with van der Waals surface area (Å²) in [6.07, 6.45) is 4.99. The van der Waals surface area contributed by atoms with Crippen molar-refractivity contribution in [3.63, 3.8) is 0 Å². The zero-order valence-corrected chi connectivity index (χ0v) is 11.6. The minimum atomic E-state index is -0.458. The third-order valence-corrected chi connectivity index (χ3v) is 2.85. The van der Waals surface area contributed by atoms with Crippen molar-refractivity contribution in [2.45, 2.75) is 0 Å². The van der Waals surface area contributed by atoms with Gasteiger partial charge in [0.2, 0.25) is 0 Å². The number of nitro benzene ring substituents is 1. The van der Waals surface area contributed by atoms with Crippen LogP contribution in [0, 0.1) is 10.1 Å². The average Bonchev–Trinajstić information content (AvgIpc) is 2.52. The number of rotatable bonds is 5. The number of pyridine rings is 1. The minimum absolute atomic E-state index is 0.0557. The summed E-state index contributed by atoms with van der Waals surface area (Å²) in [5, 5.41) is 11.2. The van der Waals surface area contributed by atoms with Crippen molar-refractivity contribution in [3.05, 3.63) is 57.9 Å². The van der Waals surface area contributed by atoms with Gasteiger partial charge in [0, 0.05) is 6.20 Å². The highest BCUT2D eigenvalue weighted by Gasteiger charge is 2.17.